The molecule has 4 nitrogen and oxygen atoms in total. The summed E-state index contributed by atoms with van der Waals surface area (Å²) < 4.78 is 30.8. The Morgan fingerprint density at radius 3 is 1.73 bits per heavy atom. The van der Waals surface area contributed by atoms with E-state index >= 15 is 0 Å². The van der Waals surface area contributed by atoms with Crippen LogP contribution in [0.15, 0.2) is 0 Å². The first-order valence-corrected chi connectivity index (χ1v) is 4.52. The van der Waals surface area contributed by atoms with Gasteiger partial charge in [0, 0.05) is 22.3 Å². The van der Waals surface area contributed by atoms with Gasteiger partial charge >= 0.3 is 0 Å². The van der Waals surface area contributed by atoms with Crippen molar-refractivity contribution in [3.63, 3.8) is 0 Å². The molecule has 0 unspecified atom stereocenters. The van der Waals surface area contributed by atoms with Crippen molar-refractivity contribution in [2.24, 2.45) is 0 Å². The zero-order valence-corrected chi connectivity index (χ0v) is 8.31. The average molecular weight is 223 g/mol. The summed E-state index contributed by atoms with van der Waals surface area (Å²) in [4.78, 5) is 0. The predicted octanol–water partition coefficient (Wildman–Crippen LogP) is 0.848. The van der Waals surface area contributed by atoms with E-state index in [0.717, 1.165) is 12.8 Å². The van der Waals surface area contributed by atoms with Crippen LogP contribution in [-0.4, -0.2) is 18.2 Å². The Morgan fingerprint density at radius 2 is 1.55 bits per heavy atom. The summed E-state index contributed by atoms with van der Waals surface area (Å²) in [6.07, 6.45) is 2.94. The molecule has 0 aromatic rings. The first kappa shape index (κ1) is 13.9. The van der Waals surface area contributed by atoms with E-state index in [9.17, 15) is 13.0 Å². The predicted molar refractivity (Wildman–Crippen MR) is 37.9 cm³/mol. The number of quaternary nitrogens is 1. The molecule has 0 bridgehead atoms. The molecule has 70 valence electrons. The molecule has 1 rings (SSSR count). The van der Waals surface area contributed by atoms with E-state index in [0.29, 0.717) is 12.8 Å². The van der Waals surface area contributed by atoms with Crippen molar-refractivity contribution in [1.29, 1.82) is 0 Å². The van der Waals surface area contributed by atoms with Crippen molar-refractivity contribution in [3.05, 3.63) is 0 Å². The van der Waals surface area contributed by atoms with Gasteiger partial charge in [0.15, 0.2) is 0 Å². The summed E-state index contributed by atoms with van der Waals surface area (Å²) in [7, 11) is -3.95. The molecule has 0 aromatic heterocycles. The Bertz CT molecular complexity index is 186. The minimum Gasteiger partial charge on any atom is -0.748 e. The van der Waals surface area contributed by atoms with Gasteiger partial charge in [0.1, 0.15) is 0 Å². The maximum absolute atomic E-state index is 10.3. The minimum atomic E-state index is -3.95. The second kappa shape index (κ2) is 5.11. The molecule has 0 aromatic carbocycles. The molecule has 1 saturated carbocycles. The van der Waals surface area contributed by atoms with Crippen LogP contribution in [0.1, 0.15) is 25.7 Å². The fraction of sp³-hybridized carbons (Fsp3) is 1.00. The van der Waals surface area contributed by atoms with Crippen molar-refractivity contribution in [2.45, 2.75) is 30.9 Å². The van der Waals surface area contributed by atoms with Crippen LogP contribution in [0.25, 0.3) is 0 Å². The largest absolute Gasteiger partial charge is 0.748 e. The van der Waals surface area contributed by atoms with Crippen LogP contribution in [0.2, 0.25) is 0 Å². The second-order valence-corrected chi connectivity index (χ2v) is 4.05. The molecule has 0 saturated heterocycles. The molecule has 0 atom stereocenters. The van der Waals surface area contributed by atoms with E-state index in [1.165, 1.54) is 0 Å². The van der Waals surface area contributed by atoms with Crippen LogP contribution < -0.4 is 6.15 Å². The van der Waals surface area contributed by atoms with Gasteiger partial charge in [-0.3, -0.25) is 0 Å². The molecule has 0 aliphatic heterocycles. The van der Waals surface area contributed by atoms with E-state index in [1.807, 2.05) is 0 Å². The Labute approximate surface area is 77.6 Å². The first-order chi connectivity index (χ1) is 4.11. The van der Waals surface area contributed by atoms with Crippen LogP contribution >= 0.6 is 0 Å². The maximum Gasteiger partial charge on any atom is 0.0975 e. The van der Waals surface area contributed by atoms with E-state index < -0.39 is 15.4 Å². The van der Waals surface area contributed by atoms with Crippen LogP contribution in [0, 0.1) is 0 Å². The monoisotopic (exact) mass is 223 g/mol. The molecule has 1 aliphatic carbocycles. The molecule has 0 spiro atoms. The summed E-state index contributed by atoms with van der Waals surface area (Å²) >= 11 is 0. The van der Waals surface area contributed by atoms with Crippen LogP contribution in [0.4, 0.5) is 0 Å². The molecular formula is C5H13FeNO3S. The Hall–Kier alpha value is 0.389. The Morgan fingerprint density at radius 1 is 1.18 bits per heavy atom. The third-order valence-corrected chi connectivity index (χ3v) is 3.00. The Kier molecular flexibility index (Phi) is 6.48. The third kappa shape index (κ3) is 4.08. The van der Waals surface area contributed by atoms with Gasteiger partial charge in [-0.2, -0.15) is 0 Å². The number of rotatable bonds is 1. The second-order valence-electron chi connectivity index (χ2n) is 2.40. The van der Waals surface area contributed by atoms with Crippen molar-refractivity contribution < 1.29 is 30.0 Å². The first-order valence-electron chi connectivity index (χ1n) is 3.05. The topological polar surface area (TPSA) is 93.7 Å². The van der Waals surface area contributed by atoms with Crippen molar-refractivity contribution in [3.8, 4) is 0 Å². The number of hydrogen-bond donors (Lipinski definition) is 1. The van der Waals surface area contributed by atoms with Crippen molar-refractivity contribution in [2.75, 3.05) is 0 Å². The van der Waals surface area contributed by atoms with Gasteiger partial charge in [0.25, 0.3) is 0 Å². The molecule has 0 radical (unpaired) electrons. The van der Waals surface area contributed by atoms with Gasteiger partial charge in [-0.25, -0.2) is 8.42 Å². The molecule has 1 aliphatic rings. The normalized spacial score (nSPS) is 18.6. The van der Waals surface area contributed by atoms with Crippen LogP contribution in [0.5, 0.6) is 0 Å². The average Bonchev–Trinajstić information content (AvgIpc) is 2.08. The Balaban J connectivity index is 0. The standard InChI is InChI=1S/C5H10O3S.Fe.H3N/c6-9(7,8)5-3-1-2-4-5;;/h5H,1-4H2,(H,6,7,8);;1H3. The van der Waals surface area contributed by atoms with Gasteiger partial charge in [0.2, 0.25) is 0 Å². The maximum atomic E-state index is 10.3. The summed E-state index contributed by atoms with van der Waals surface area (Å²) in [6, 6.07) is 0. The van der Waals surface area contributed by atoms with Gasteiger partial charge in [-0.1, -0.05) is 12.8 Å². The molecule has 0 heterocycles. The summed E-state index contributed by atoms with van der Waals surface area (Å²) in [5, 5.41) is -0.572. The molecule has 11 heavy (non-hydrogen) atoms. The van der Waals surface area contributed by atoms with E-state index in [2.05, 4.69) is 0 Å². The molecule has 0 amide bonds. The quantitative estimate of drug-likeness (QED) is 0.527. The van der Waals surface area contributed by atoms with Gasteiger partial charge < -0.3 is 10.7 Å². The van der Waals surface area contributed by atoms with Crippen molar-refractivity contribution >= 4 is 10.1 Å². The molecule has 4 N–H and O–H groups in total. The van der Waals surface area contributed by atoms with E-state index in [4.69, 9.17) is 0 Å². The van der Waals surface area contributed by atoms with Crippen LogP contribution in [-0.2, 0) is 27.2 Å². The minimum absolute atomic E-state index is 0. The van der Waals surface area contributed by atoms with Crippen LogP contribution in [0.3, 0.4) is 0 Å². The smallest absolute Gasteiger partial charge is 0.0975 e. The third-order valence-electron chi connectivity index (χ3n) is 1.71. The fourth-order valence-electron chi connectivity index (χ4n) is 1.18. The van der Waals surface area contributed by atoms with E-state index in [-0.39, 0.29) is 23.2 Å². The molecule has 1 fully saturated rings. The SMILES string of the molecule is O=S(=O)([O-])C1CCCC1.[Fe].[NH4+]. The zero-order chi connectivity index (χ0) is 6.91. The van der Waals surface area contributed by atoms with Gasteiger partial charge in [-0.15, -0.1) is 0 Å². The summed E-state index contributed by atoms with van der Waals surface area (Å²) in [6.45, 7) is 0. The summed E-state index contributed by atoms with van der Waals surface area (Å²) in [5.41, 5.74) is 0. The zero-order valence-electron chi connectivity index (χ0n) is 6.39. The molecular weight excluding hydrogens is 210 g/mol. The van der Waals surface area contributed by atoms with Crippen molar-refractivity contribution in [1.82, 2.24) is 6.15 Å². The number of hydrogen-bond acceptors (Lipinski definition) is 3. The molecule has 6 heteroatoms. The van der Waals surface area contributed by atoms with Gasteiger partial charge in [-0.05, 0) is 12.8 Å². The summed E-state index contributed by atoms with van der Waals surface area (Å²) in [5.74, 6) is 0. The van der Waals surface area contributed by atoms with E-state index in [1.54, 1.807) is 0 Å². The fourth-order valence-corrected chi connectivity index (χ4v) is 2.09. The van der Waals surface area contributed by atoms with Gasteiger partial charge in [0.05, 0.1) is 10.1 Å².